The monoisotopic (exact) mass is 224 g/mol. The van der Waals surface area contributed by atoms with Crippen molar-refractivity contribution in [1.29, 1.82) is 0 Å². The highest BCUT2D eigenvalue weighted by atomic mass is 19.1. The van der Waals surface area contributed by atoms with E-state index in [0.717, 1.165) is 5.69 Å². The van der Waals surface area contributed by atoms with Crippen LogP contribution in [0.15, 0.2) is 18.2 Å². The lowest BCUT2D eigenvalue weighted by Gasteiger charge is -2.39. The van der Waals surface area contributed by atoms with Crippen molar-refractivity contribution in [3.05, 3.63) is 24.0 Å². The Morgan fingerprint density at radius 1 is 1.50 bits per heavy atom. The van der Waals surface area contributed by atoms with Crippen molar-refractivity contribution in [3.8, 4) is 5.75 Å². The number of hydrogen-bond donors (Lipinski definition) is 1. The normalized spacial score (nSPS) is 23.9. The van der Waals surface area contributed by atoms with Crippen LogP contribution in [0.5, 0.6) is 5.75 Å². The lowest BCUT2D eigenvalue weighted by atomic mass is 10.1. The zero-order valence-corrected chi connectivity index (χ0v) is 9.83. The average molecular weight is 224 g/mol. The first-order valence-corrected chi connectivity index (χ1v) is 5.47. The maximum atomic E-state index is 13.6. The predicted octanol–water partition coefficient (Wildman–Crippen LogP) is 1.63. The Morgan fingerprint density at radius 3 is 2.94 bits per heavy atom. The van der Waals surface area contributed by atoms with E-state index in [1.54, 1.807) is 6.07 Å². The van der Waals surface area contributed by atoms with Gasteiger partial charge >= 0.3 is 0 Å². The molecule has 2 unspecified atom stereocenters. The number of para-hydroxylation sites is 1. The van der Waals surface area contributed by atoms with Crippen molar-refractivity contribution in [3.63, 3.8) is 0 Å². The summed E-state index contributed by atoms with van der Waals surface area (Å²) in [5.41, 5.74) is 0.819. The van der Waals surface area contributed by atoms with E-state index < -0.39 is 0 Å². The lowest BCUT2D eigenvalue weighted by molar-refractivity contribution is 0.153. The van der Waals surface area contributed by atoms with Gasteiger partial charge in [-0.3, -0.25) is 0 Å². The van der Waals surface area contributed by atoms with Crippen LogP contribution in [0.4, 0.5) is 10.1 Å². The molecule has 3 nitrogen and oxygen atoms in total. The molecule has 0 fully saturated rings. The van der Waals surface area contributed by atoms with Gasteiger partial charge in [0.15, 0.2) is 11.6 Å². The molecule has 1 N–H and O–H groups in total. The van der Waals surface area contributed by atoms with Crippen LogP contribution < -0.4 is 15.0 Å². The molecule has 88 valence electrons. The minimum absolute atomic E-state index is 0.0283. The van der Waals surface area contributed by atoms with E-state index in [0.29, 0.717) is 12.3 Å². The molecule has 0 aromatic heterocycles. The third-order valence-corrected chi connectivity index (χ3v) is 3.15. The molecular formula is C12H17FN2O. The average Bonchev–Trinajstić information content (AvgIpc) is 2.27. The van der Waals surface area contributed by atoms with Crippen LogP contribution in [0.2, 0.25) is 0 Å². The van der Waals surface area contributed by atoms with Gasteiger partial charge < -0.3 is 15.0 Å². The van der Waals surface area contributed by atoms with Gasteiger partial charge in [-0.15, -0.1) is 0 Å². The second-order valence-electron chi connectivity index (χ2n) is 4.15. The molecule has 1 aliphatic heterocycles. The number of hydrogen-bond acceptors (Lipinski definition) is 3. The summed E-state index contributed by atoms with van der Waals surface area (Å²) in [7, 11) is 3.83. The molecule has 1 aromatic rings. The second kappa shape index (κ2) is 4.29. The summed E-state index contributed by atoms with van der Waals surface area (Å²) in [6.07, 6.45) is -0.0283. The van der Waals surface area contributed by atoms with Gasteiger partial charge in [-0.25, -0.2) is 4.39 Å². The number of benzene rings is 1. The minimum atomic E-state index is -0.294. The van der Waals surface area contributed by atoms with E-state index in [-0.39, 0.29) is 18.0 Å². The predicted molar refractivity (Wildman–Crippen MR) is 62.6 cm³/mol. The van der Waals surface area contributed by atoms with Crippen LogP contribution >= 0.6 is 0 Å². The number of halogens is 1. The van der Waals surface area contributed by atoms with Gasteiger partial charge in [0.05, 0.1) is 11.7 Å². The molecule has 0 amide bonds. The van der Waals surface area contributed by atoms with Gasteiger partial charge in [0.1, 0.15) is 6.10 Å². The van der Waals surface area contributed by atoms with Gasteiger partial charge in [-0.05, 0) is 26.1 Å². The fourth-order valence-electron chi connectivity index (χ4n) is 2.02. The SMILES string of the molecule is CNCC1Oc2c(F)cccc2N(C)C1C. The summed E-state index contributed by atoms with van der Waals surface area (Å²) >= 11 is 0. The highest BCUT2D eigenvalue weighted by Gasteiger charge is 2.31. The Labute approximate surface area is 95.2 Å². The quantitative estimate of drug-likeness (QED) is 0.826. The first kappa shape index (κ1) is 11.2. The van der Waals surface area contributed by atoms with Crippen molar-refractivity contribution >= 4 is 5.69 Å². The molecule has 0 saturated heterocycles. The fourth-order valence-corrected chi connectivity index (χ4v) is 2.02. The van der Waals surface area contributed by atoms with E-state index >= 15 is 0 Å². The topological polar surface area (TPSA) is 24.5 Å². The molecule has 1 aromatic carbocycles. The van der Waals surface area contributed by atoms with Crippen molar-refractivity contribution < 1.29 is 9.13 Å². The van der Waals surface area contributed by atoms with E-state index in [1.165, 1.54) is 6.07 Å². The smallest absolute Gasteiger partial charge is 0.178 e. The fraction of sp³-hybridized carbons (Fsp3) is 0.500. The second-order valence-corrected chi connectivity index (χ2v) is 4.15. The van der Waals surface area contributed by atoms with Crippen LogP contribution in [0.25, 0.3) is 0 Å². The molecule has 2 atom stereocenters. The highest BCUT2D eigenvalue weighted by Crippen LogP contribution is 2.36. The molecule has 1 heterocycles. The number of rotatable bonds is 2. The molecule has 0 aliphatic carbocycles. The molecule has 0 radical (unpaired) electrons. The largest absolute Gasteiger partial charge is 0.482 e. The zero-order valence-electron chi connectivity index (χ0n) is 9.83. The summed E-state index contributed by atoms with van der Waals surface area (Å²) < 4.78 is 19.3. The number of fused-ring (bicyclic) bond motifs is 1. The number of ether oxygens (including phenoxy) is 1. The molecule has 16 heavy (non-hydrogen) atoms. The van der Waals surface area contributed by atoms with Crippen LogP contribution in [0.1, 0.15) is 6.92 Å². The molecular weight excluding hydrogens is 207 g/mol. The van der Waals surface area contributed by atoms with Gasteiger partial charge in [-0.1, -0.05) is 6.07 Å². The molecule has 0 bridgehead atoms. The number of nitrogens with one attached hydrogen (secondary N) is 1. The maximum absolute atomic E-state index is 13.6. The first-order chi connectivity index (χ1) is 7.65. The molecule has 0 saturated carbocycles. The standard InChI is InChI=1S/C12H17FN2O/c1-8-11(7-14-2)16-12-9(13)5-4-6-10(12)15(8)3/h4-6,8,11,14H,7H2,1-3H3. The molecule has 1 aliphatic rings. The van der Waals surface area contributed by atoms with Gasteiger partial charge in [0, 0.05) is 13.6 Å². The first-order valence-electron chi connectivity index (χ1n) is 5.47. The maximum Gasteiger partial charge on any atom is 0.178 e. The van der Waals surface area contributed by atoms with Gasteiger partial charge in [0.2, 0.25) is 0 Å². The number of anilines is 1. The van der Waals surface area contributed by atoms with E-state index in [4.69, 9.17) is 4.74 Å². The molecule has 0 spiro atoms. The molecule has 2 rings (SSSR count). The summed E-state index contributed by atoms with van der Waals surface area (Å²) in [5, 5.41) is 3.06. The zero-order chi connectivity index (χ0) is 11.7. The van der Waals surface area contributed by atoms with Crippen LogP contribution in [-0.4, -0.2) is 32.8 Å². The molecule has 4 heteroatoms. The Bertz CT molecular complexity index is 383. The Morgan fingerprint density at radius 2 is 2.25 bits per heavy atom. The van der Waals surface area contributed by atoms with Crippen molar-refractivity contribution in [2.75, 3.05) is 25.5 Å². The summed E-state index contributed by atoms with van der Waals surface area (Å²) in [6, 6.07) is 5.24. The van der Waals surface area contributed by atoms with Crippen LogP contribution in [-0.2, 0) is 0 Å². The Hall–Kier alpha value is -1.29. The van der Waals surface area contributed by atoms with Gasteiger partial charge in [-0.2, -0.15) is 0 Å². The number of nitrogens with zero attached hydrogens (tertiary/aromatic N) is 1. The van der Waals surface area contributed by atoms with E-state index in [2.05, 4.69) is 17.1 Å². The van der Waals surface area contributed by atoms with Crippen LogP contribution in [0.3, 0.4) is 0 Å². The third-order valence-electron chi connectivity index (χ3n) is 3.15. The summed E-state index contributed by atoms with van der Waals surface area (Å²) in [6.45, 7) is 2.79. The van der Waals surface area contributed by atoms with Crippen molar-refractivity contribution in [2.24, 2.45) is 0 Å². The Balaban J connectivity index is 2.36. The Kier molecular flexibility index (Phi) is 3.01. The van der Waals surface area contributed by atoms with E-state index in [9.17, 15) is 4.39 Å². The van der Waals surface area contributed by atoms with E-state index in [1.807, 2.05) is 20.2 Å². The van der Waals surface area contributed by atoms with Crippen LogP contribution in [0, 0.1) is 5.82 Å². The van der Waals surface area contributed by atoms with Gasteiger partial charge in [0.25, 0.3) is 0 Å². The minimum Gasteiger partial charge on any atom is -0.482 e. The summed E-state index contributed by atoms with van der Waals surface area (Å²) in [4.78, 5) is 2.06. The van der Waals surface area contributed by atoms with Crippen molar-refractivity contribution in [1.82, 2.24) is 5.32 Å². The highest BCUT2D eigenvalue weighted by molar-refractivity contribution is 5.61. The summed E-state index contributed by atoms with van der Waals surface area (Å²) in [5.74, 6) is 0.0701. The lowest BCUT2D eigenvalue weighted by Crippen LogP contribution is -2.50. The third kappa shape index (κ3) is 1.73. The number of likely N-dealkylation sites (N-methyl/N-ethyl adjacent to an activating group) is 2. The van der Waals surface area contributed by atoms with Crippen molar-refractivity contribution in [2.45, 2.75) is 19.1 Å².